The van der Waals surface area contributed by atoms with E-state index in [0.717, 1.165) is 5.56 Å². The lowest BCUT2D eigenvalue weighted by atomic mass is 10.2. The highest BCUT2D eigenvalue weighted by atomic mass is 35.5. The average Bonchev–Trinajstić information content (AvgIpc) is 3.04. The summed E-state index contributed by atoms with van der Waals surface area (Å²) in [5.74, 6) is -1.00. The van der Waals surface area contributed by atoms with Gasteiger partial charge in [0, 0.05) is 5.02 Å². The van der Waals surface area contributed by atoms with Gasteiger partial charge in [-0.25, -0.2) is 4.99 Å². The minimum Gasteiger partial charge on any atom is -0.546 e. The van der Waals surface area contributed by atoms with Gasteiger partial charge in [0.05, 0.1) is 23.7 Å². The molecule has 0 aliphatic carbocycles. The van der Waals surface area contributed by atoms with Gasteiger partial charge in [-0.15, -0.1) is 0 Å². The van der Waals surface area contributed by atoms with E-state index >= 15 is 0 Å². The first-order chi connectivity index (χ1) is 14.3. The Morgan fingerprint density at radius 3 is 2.73 bits per heavy atom. The molecule has 0 unspecified atom stereocenters. The van der Waals surface area contributed by atoms with Crippen LogP contribution in [-0.2, 0) is 9.59 Å². The van der Waals surface area contributed by atoms with Crippen LogP contribution in [0.15, 0.2) is 46.3 Å². The summed E-state index contributed by atoms with van der Waals surface area (Å²) in [7, 11) is 1.44. The van der Waals surface area contributed by atoms with Gasteiger partial charge in [0.25, 0.3) is 5.91 Å². The molecule has 0 radical (unpaired) electrons. The van der Waals surface area contributed by atoms with Gasteiger partial charge in [0.2, 0.25) is 0 Å². The summed E-state index contributed by atoms with van der Waals surface area (Å²) in [5, 5.41) is 14.6. The zero-order chi connectivity index (χ0) is 21.8. The van der Waals surface area contributed by atoms with E-state index in [0.29, 0.717) is 32.1 Å². The highest BCUT2D eigenvalue weighted by Crippen LogP contribution is 2.33. The van der Waals surface area contributed by atoms with E-state index in [4.69, 9.17) is 21.1 Å². The number of carboxylic acid groups (broad SMARTS) is 1. The van der Waals surface area contributed by atoms with Gasteiger partial charge < -0.3 is 24.7 Å². The Labute approximate surface area is 182 Å². The summed E-state index contributed by atoms with van der Waals surface area (Å²) in [5.41, 5.74) is 2.29. The Kier molecular flexibility index (Phi) is 6.69. The van der Waals surface area contributed by atoms with Crippen LogP contribution in [-0.4, -0.2) is 30.3 Å². The van der Waals surface area contributed by atoms with Crippen LogP contribution in [0.5, 0.6) is 11.5 Å². The minimum atomic E-state index is -1.33. The molecule has 1 fully saturated rings. The fraction of sp³-hybridized carbons (Fsp3) is 0.190. The third kappa shape index (κ3) is 5.14. The third-order valence-corrected chi connectivity index (χ3v) is 5.31. The number of halogens is 1. The van der Waals surface area contributed by atoms with Crippen LogP contribution in [0.3, 0.4) is 0 Å². The molecule has 1 aliphatic heterocycles. The van der Waals surface area contributed by atoms with Crippen molar-refractivity contribution >= 4 is 52.2 Å². The fourth-order valence-electron chi connectivity index (χ4n) is 2.55. The lowest BCUT2D eigenvalue weighted by Crippen LogP contribution is -2.37. The van der Waals surface area contributed by atoms with E-state index in [1.165, 1.54) is 25.8 Å². The molecule has 0 spiro atoms. The SMILES string of the molecule is COc1cc(/C=C2\SC(=Nc3cc(Cl)ccc3C)NC2=O)ccc1O[C@H](C)C(=O)[O-]. The molecule has 1 saturated heterocycles. The second-order valence-electron chi connectivity index (χ2n) is 6.40. The van der Waals surface area contributed by atoms with E-state index in [9.17, 15) is 14.7 Å². The lowest BCUT2D eigenvalue weighted by molar-refractivity contribution is -0.312. The number of aliphatic imine (C=N–C) groups is 1. The minimum absolute atomic E-state index is 0.263. The number of nitrogens with zero attached hydrogens (tertiary/aromatic N) is 1. The van der Waals surface area contributed by atoms with E-state index in [2.05, 4.69) is 10.3 Å². The van der Waals surface area contributed by atoms with Crippen LogP contribution in [0.25, 0.3) is 6.08 Å². The molecule has 1 heterocycles. The van der Waals surface area contributed by atoms with Crippen molar-refractivity contribution in [3.8, 4) is 11.5 Å². The number of methoxy groups -OCH3 is 1. The number of carboxylic acids is 1. The zero-order valence-electron chi connectivity index (χ0n) is 16.4. The molecule has 156 valence electrons. The molecule has 2 aromatic carbocycles. The number of ether oxygens (including phenoxy) is 2. The summed E-state index contributed by atoms with van der Waals surface area (Å²) in [4.78, 5) is 28.1. The molecule has 1 N–H and O–H groups in total. The van der Waals surface area contributed by atoms with Gasteiger partial charge in [-0.1, -0.05) is 23.7 Å². The first-order valence-corrected chi connectivity index (χ1v) is 10.1. The molecule has 7 nitrogen and oxygen atoms in total. The second kappa shape index (κ2) is 9.23. The Hall–Kier alpha value is -2.97. The molecule has 0 saturated carbocycles. The molecule has 9 heteroatoms. The number of thioether (sulfide) groups is 1. The molecule has 3 rings (SSSR count). The van der Waals surface area contributed by atoms with Gasteiger partial charge in [-0.05, 0) is 67.1 Å². The summed E-state index contributed by atoms with van der Waals surface area (Å²) in [6.45, 7) is 3.28. The smallest absolute Gasteiger partial charge is 0.264 e. The fourth-order valence-corrected chi connectivity index (χ4v) is 3.56. The number of aliphatic carboxylic acids is 1. The van der Waals surface area contributed by atoms with E-state index in [1.54, 1.807) is 36.4 Å². The maximum absolute atomic E-state index is 12.3. The number of rotatable bonds is 6. The normalized spacial score (nSPS) is 17.1. The van der Waals surface area contributed by atoms with Gasteiger partial charge in [-0.2, -0.15) is 0 Å². The van der Waals surface area contributed by atoms with Crippen molar-refractivity contribution in [2.75, 3.05) is 7.11 Å². The largest absolute Gasteiger partial charge is 0.546 e. The first kappa shape index (κ1) is 21.7. The Balaban J connectivity index is 1.83. The van der Waals surface area contributed by atoms with Crippen molar-refractivity contribution in [1.29, 1.82) is 0 Å². The van der Waals surface area contributed by atoms with Crippen LogP contribution in [0.2, 0.25) is 5.02 Å². The Morgan fingerprint density at radius 1 is 1.27 bits per heavy atom. The number of aryl methyl sites for hydroxylation is 1. The number of hydrogen-bond acceptors (Lipinski definition) is 7. The number of carbonyl (C=O) groups excluding carboxylic acids is 2. The van der Waals surface area contributed by atoms with Crippen LogP contribution >= 0.6 is 23.4 Å². The van der Waals surface area contributed by atoms with Gasteiger partial charge in [0.1, 0.15) is 6.10 Å². The van der Waals surface area contributed by atoms with E-state index in [1.807, 2.05) is 13.0 Å². The van der Waals surface area contributed by atoms with Crippen molar-refractivity contribution in [2.45, 2.75) is 20.0 Å². The summed E-state index contributed by atoms with van der Waals surface area (Å²) in [6, 6.07) is 10.3. The second-order valence-corrected chi connectivity index (χ2v) is 7.87. The maximum atomic E-state index is 12.3. The van der Waals surface area contributed by atoms with Crippen molar-refractivity contribution in [3.05, 3.63) is 57.5 Å². The zero-order valence-corrected chi connectivity index (χ0v) is 18.0. The van der Waals surface area contributed by atoms with Gasteiger partial charge >= 0.3 is 0 Å². The molecule has 1 aliphatic rings. The number of amidine groups is 1. The standard InChI is InChI=1S/C21H19ClN2O5S/c1-11-4-6-14(22)10-15(11)23-21-24-19(25)18(30-21)9-13-5-7-16(17(8-13)28-3)29-12(2)20(26)27/h4-10,12H,1-3H3,(H,26,27)(H,23,24,25)/p-1/b18-9-/t12-/m1/s1. The molecule has 1 atom stereocenters. The predicted octanol–water partition coefficient (Wildman–Crippen LogP) is 3.07. The molecule has 1 amide bonds. The number of benzene rings is 2. The average molecular weight is 446 g/mol. The highest BCUT2D eigenvalue weighted by molar-refractivity contribution is 8.18. The van der Waals surface area contributed by atoms with E-state index in [-0.39, 0.29) is 11.7 Å². The van der Waals surface area contributed by atoms with Crippen LogP contribution < -0.4 is 19.9 Å². The molecule has 2 aromatic rings. The number of nitrogens with one attached hydrogen (secondary N) is 1. The van der Waals surface area contributed by atoms with Crippen LogP contribution in [0.4, 0.5) is 5.69 Å². The number of carbonyl (C=O) groups is 2. The van der Waals surface area contributed by atoms with Crippen LogP contribution in [0, 0.1) is 6.92 Å². The summed E-state index contributed by atoms with van der Waals surface area (Å²) >= 11 is 7.23. The van der Waals surface area contributed by atoms with E-state index < -0.39 is 12.1 Å². The quantitative estimate of drug-likeness (QED) is 0.686. The lowest BCUT2D eigenvalue weighted by Gasteiger charge is -2.17. The molecule has 30 heavy (non-hydrogen) atoms. The Bertz CT molecular complexity index is 1070. The Morgan fingerprint density at radius 2 is 2.03 bits per heavy atom. The monoisotopic (exact) mass is 445 g/mol. The molecule has 0 aromatic heterocycles. The topological polar surface area (TPSA) is 100 Å². The highest BCUT2D eigenvalue weighted by Gasteiger charge is 2.24. The molecular weight excluding hydrogens is 428 g/mol. The summed E-state index contributed by atoms with van der Waals surface area (Å²) < 4.78 is 10.6. The number of hydrogen-bond donors (Lipinski definition) is 1. The predicted molar refractivity (Wildman–Crippen MR) is 115 cm³/mol. The first-order valence-electron chi connectivity index (χ1n) is 8.88. The number of amides is 1. The molecular formula is C21H18ClN2O5S-. The van der Waals surface area contributed by atoms with Crippen molar-refractivity contribution in [1.82, 2.24) is 5.32 Å². The maximum Gasteiger partial charge on any atom is 0.264 e. The third-order valence-electron chi connectivity index (χ3n) is 4.17. The van der Waals surface area contributed by atoms with Crippen molar-refractivity contribution in [2.24, 2.45) is 4.99 Å². The van der Waals surface area contributed by atoms with Crippen molar-refractivity contribution < 1.29 is 24.2 Å². The molecule has 0 bridgehead atoms. The van der Waals surface area contributed by atoms with Crippen LogP contribution in [0.1, 0.15) is 18.1 Å². The van der Waals surface area contributed by atoms with Gasteiger partial charge in [-0.3, -0.25) is 4.79 Å². The van der Waals surface area contributed by atoms with Gasteiger partial charge in [0.15, 0.2) is 16.7 Å². The van der Waals surface area contributed by atoms with Crippen molar-refractivity contribution in [3.63, 3.8) is 0 Å². The summed E-state index contributed by atoms with van der Waals surface area (Å²) in [6.07, 6.45) is 0.551.